The second kappa shape index (κ2) is 21.8. The average Bonchev–Trinajstić information content (AvgIpc) is 3.88. The molecule has 0 spiro atoms. The van der Waals surface area contributed by atoms with Gasteiger partial charge in [-0.2, -0.15) is 0 Å². The lowest BCUT2D eigenvalue weighted by Gasteiger charge is -2.26. The van der Waals surface area contributed by atoms with Crippen molar-refractivity contribution in [3.63, 3.8) is 0 Å². The molecule has 5 nitrogen and oxygen atoms in total. The van der Waals surface area contributed by atoms with Crippen molar-refractivity contribution in [1.29, 1.82) is 0 Å². The second-order valence-corrected chi connectivity index (χ2v) is 19.0. The van der Waals surface area contributed by atoms with Crippen molar-refractivity contribution in [3.8, 4) is 44.9 Å². The van der Waals surface area contributed by atoms with Crippen LogP contribution in [0.4, 0.5) is 34.1 Å². The first-order valence-electron chi connectivity index (χ1n) is 25.9. The molecule has 1 aromatic heterocycles. The molecule has 12 rings (SSSR count). The first-order chi connectivity index (χ1) is 38.0. The molecule has 0 radical (unpaired) electrons. The first kappa shape index (κ1) is 47.9. The summed E-state index contributed by atoms with van der Waals surface area (Å²) in [5.41, 5.74) is 19.2. The van der Waals surface area contributed by atoms with E-state index in [-0.39, 0.29) is 0 Å². The van der Waals surface area contributed by atoms with Crippen LogP contribution in [0.1, 0.15) is 22.3 Å². The Morgan fingerprint density at radius 1 is 0.312 bits per heavy atom. The first-order valence-corrected chi connectivity index (χ1v) is 25.9. The molecule has 0 aliphatic heterocycles. The van der Waals surface area contributed by atoms with Gasteiger partial charge in [0.15, 0.2) is 0 Å². The third kappa shape index (κ3) is 10.5. The highest BCUT2D eigenvalue weighted by molar-refractivity contribution is 6.06. The van der Waals surface area contributed by atoms with Gasteiger partial charge < -0.3 is 23.7 Å². The number of anilines is 6. The zero-order chi connectivity index (χ0) is 51.9. The Kier molecular flexibility index (Phi) is 13.5. The lowest BCUT2D eigenvalue weighted by atomic mass is 10.0. The molecule has 0 fully saturated rings. The van der Waals surface area contributed by atoms with Gasteiger partial charge in [-0.05, 0) is 165 Å². The fourth-order valence-electron chi connectivity index (χ4n) is 9.86. The van der Waals surface area contributed by atoms with Gasteiger partial charge in [0.25, 0.3) is 0 Å². The normalized spacial score (nSPS) is 11.1. The molecule has 0 saturated carbocycles. The number of ether oxygens (including phenoxy) is 2. The minimum atomic E-state index is 0.474. The molecule has 0 aliphatic rings. The van der Waals surface area contributed by atoms with Crippen molar-refractivity contribution in [3.05, 3.63) is 302 Å². The topological polar surface area (TPSA) is 38.1 Å². The van der Waals surface area contributed by atoms with Crippen molar-refractivity contribution in [2.45, 2.75) is 13.2 Å². The number of hydrogen-bond donors (Lipinski definition) is 0. The Labute approximate surface area is 450 Å². The summed E-state index contributed by atoms with van der Waals surface area (Å²) in [5.74, 6) is 1.63. The van der Waals surface area contributed by atoms with Crippen molar-refractivity contribution >= 4 is 68.2 Å². The van der Waals surface area contributed by atoms with Gasteiger partial charge in [0.05, 0.1) is 0 Å². The van der Waals surface area contributed by atoms with Crippen LogP contribution in [0.25, 0.3) is 67.5 Å². The van der Waals surface area contributed by atoms with Gasteiger partial charge in [-0.25, -0.2) is 0 Å². The Bertz CT molecular complexity index is 3940. The van der Waals surface area contributed by atoms with Gasteiger partial charge in [-0.3, -0.25) is 0 Å². The van der Waals surface area contributed by atoms with Crippen LogP contribution in [0.3, 0.4) is 0 Å². The molecule has 0 bridgehead atoms. The van der Waals surface area contributed by atoms with Gasteiger partial charge in [0.1, 0.15) is 35.9 Å². The fraction of sp³-hybridized carbons (Fsp3) is 0.0278. The summed E-state index contributed by atoms with van der Waals surface area (Å²) < 4.78 is 18.6. The molecule has 0 amide bonds. The van der Waals surface area contributed by atoms with Gasteiger partial charge in [0, 0.05) is 44.9 Å². The van der Waals surface area contributed by atoms with Crippen LogP contribution in [0.15, 0.2) is 284 Å². The predicted molar refractivity (Wildman–Crippen MR) is 321 cm³/mol. The summed E-state index contributed by atoms with van der Waals surface area (Å²) >= 11 is 0. The van der Waals surface area contributed by atoms with Crippen LogP contribution in [0.2, 0.25) is 0 Å². The molecule has 0 saturated heterocycles. The minimum Gasteiger partial charge on any atom is -0.489 e. The second-order valence-electron chi connectivity index (χ2n) is 19.0. The molecule has 0 aliphatic carbocycles. The van der Waals surface area contributed by atoms with Crippen LogP contribution in [0.5, 0.6) is 11.5 Å². The number of para-hydroxylation sites is 1. The van der Waals surface area contributed by atoms with Gasteiger partial charge in [-0.15, -0.1) is 0 Å². The summed E-state index contributed by atoms with van der Waals surface area (Å²) in [4.78, 5) is 4.60. The minimum absolute atomic E-state index is 0.474. The molecule has 0 atom stereocenters. The van der Waals surface area contributed by atoms with Crippen LogP contribution in [-0.4, -0.2) is 0 Å². The number of furan rings is 1. The number of rotatable bonds is 17. The molecular formula is C72H54N2O3. The van der Waals surface area contributed by atoms with Crippen molar-refractivity contribution in [1.82, 2.24) is 0 Å². The van der Waals surface area contributed by atoms with Crippen LogP contribution in [-0.2, 0) is 13.2 Å². The smallest absolute Gasteiger partial charge is 0.135 e. The maximum Gasteiger partial charge on any atom is 0.135 e. The molecule has 1 heterocycles. The van der Waals surface area contributed by atoms with Gasteiger partial charge in [-0.1, -0.05) is 183 Å². The van der Waals surface area contributed by atoms with Crippen molar-refractivity contribution in [2.24, 2.45) is 0 Å². The van der Waals surface area contributed by atoms with E-state index in [1.54, 1.807) is 0 Å². The lowest BCUT2D eigenvalue weighted by Crippen LogP contribution is -2.10. The van der Waals surface area contributed by atoms with Crippen molar-refractivity contribution in [2.75, 3.05) is 9.80 Å². The van der Waals surface area contributed by atoms with Gasteiger partial charge in [0.2, 0.25) is 0 Å². The average molecular weight is 995 g/mol. The predicted octanol–water partition coefficient (Wildman–Crippen LogP) is 20.0. The highest BCUT2D eigenvalue weighted by Crippen LogP contribution is 2.42. The molecular weight excluding hydrogens is 941 g/mol. The lowest BCUT2D eigenvalue weighted by molar-refractivity contribution is 0.306. The Morgan fingerprint density at radius 2 is 0.649 bits per heavy atom. The fourth-order valence-corrected chi connectivity index (χ4v) is 9.86. The molecule has 77 heavy (non-hydrogen) atoms. The number of benzene rings is 11. The quantitative estimate of drug-likeness (QED) is 0.0909. The number of hydrogen-bond acceptors (Lipinski definition) is 5. The maximum absolute atomic E-state index is 6.25. The highest BCUT2D eigenvalue weighted by Gasteiger charge is 2.18. The molecule has 0 unspecified atom stereocenters. The zero-order valence-corrected chi connectivity index (χ0v) is 42.5. The van der Waals surface area contributed by atoms with E-state index in [1.807, 2.05) is 48.6 Å². The SMILES string of the molecule is C=Cc1ccc(COc2ccc(-c3ccc(N(c4ccc(-c5ccccc5)cc4)c4ccc(-c5ccc(N(c6ccc(OCc7ccc(C=C)cc7)cc6)c6ccc7oc8ccccc8c7c6)cc5)cc4)cc3)cc2)cc1. The van der Waals surface area contributed by atoms with Crippen molar-refractivity contribution < 1.29 is 13.9 Å². The van der Waals surface area contributed by atoms with E-state index in [9.17, 15) is 0 Å². The zero-order valence-electron chi connectivity index (χ0n) is 42.5. The van der Waals surface area contributed by atoms with E-state index in [2.05, 4.69) is 253 Å². The molecule has 5 heteroatoms. The van der Waals surface area contributed by atoms with E-state index in [0.717, 1.165) is 112 Å². The largest absolute Gasteiger partial charge is 0.489 e. The molecule has 370 valence electrons. The Hall–Kier alpha value is -10.1. The number of nitrogens with zero attached hydrogens (tertiary/aromatic N) is 2. The third-order valence-electron chi connectivity index (χ3n) is 14.1. The summed E-state index contributed by atoms with van der Waals surface area (Å²) in [6, 6.07) is 93.6. The maximum atomic E-state index is 6.25. The Balaban J connectivity index is 0.815. The van der Waals surface area contributed by atoms with E-state index >= 15 is 0 Å². The van der Waals surface area contributed by atoms with Gasteiger partial charge >= 0.3 is 0 Å². The molecule has 12 aromatic rings. The Morgan fingerprint density at radius 3 is 1.09 bits per heavy atom. The number of fused-ring (bicyclic) bond motifs is 3. The van der Waals surface area contributed by atoms with Crippen LogP contribution < -0.4 is 19.3 Å². The van der Waals surface area contributed by atoms with E-state index in [4.69, 9.17) is 13.9 Å². The summed E-state index contributed by atoms with van der Waals surface area (Å²) in [5, 5.41) is 2.15. The van der Waals surface area contributed by atoms with E-state index in [0.29, 0.717) is 13.2 Å². The van der Waals surface area contributed by atoms with Crippen LogP contribution in [0, 0.1) is 0 Å². The highest BCUT2D eigenvalue weighted by atomic mass is 16.5. The van der Waals surface area contributed by atoms with E-state index in [1.165, 1.54) is 11.1 Å². The molecule has 0 N–H and O–H groups in total. The van der Waals surface area contributed by atoms with E-state index < -0.39 is 0 Å². The summed E-state index contributed by atoms with van der Waals surface area (Å²) in [6.07, 6.45) is 3.70. The summed E-state index contributed by atoms with van der Waals surface area (Å²) in [6.45, 7) is 8.70. The summed E-state index contributed by atoms with van der Waals surface area (Å²) in [7, 11) is 0. The third-order valence-corrected chi connectivity index (χ3v) is 14.1. The molecule has 11 aromatic carbocycles. The monoisotopic (exact) mass is 994 g/mol. The standard InChI is InChI=1S/C72H54N2O3/c1-3-51-14-18-53(19-15-51)49-75-67-43-30-60(31-44-67)59-26-36-63(37-27-59)73(61-32-22-56(23-33-61)55-10-6-5-7-11-55)62-34-24-57(25-35-62)58-28-38-64(39-29-58)74(66-42-47-72-70(48-66)69-12-8-9-13-71(69)77-72)65-40-45-68(46-41-65)76-50-54-20-16-52(4-2)17-21-54/h3-48H,1-2,49-50H2. The van der Waals surface area contributed by atoms with Crippen LogP contribution >= 0.6 is 0 Å².